The van der Waals surface area contributed by atoms with Crippen molar-refractivity contribution in [2.24, 2.45) is 11.8 Å². The molecule has 7 heteroatoms. The average Bonchev–Trinajstić information content (AvgIpc) is 3.11. The zero-order valence-corrected chi connectivity index (χ0v) is 15.2. The first-order chi connectivity index (χ1) is 12.4. The molecule has 0 unspecified atom stereocenters. The van der Waals surface area contributed by atoms with E-state index in [1.54, 1.807) is 26.0 Å². The average molecular weight is 360 g/mol. The summed E-state index contributed by atoms with van der Waals surface area (Å²) in [5.74, 6) is -2.45. The lowest BCUT2D eigenvalue weighted by molar-refractivity contribution is -0.156. The second-order valence-electron chi connectivity index (χ2n) is 6.68. The Labute approximate surface area is 152 Å². The van der Waals surface area contributed by atoms with Crippen molar-refractivity contribution in [3.63, 3.8) is 0 Å². The van der Waals surface area contributed by atoms with Crippen LogP contribution < -0.4 is 5.32 Å². The highest BCUT2D eigenvalue weighted by atomic mass is 16.5. The summed E-state index contributed by atoms with van der Waals surface area (Å²) < 4.78 is 5.26. The van der Waals surface area contributed by atoms with E-state index >= 15 is 0 Å². The van der Waals surface area contributed by atoms with Crippen LogP contribution in [0.15, 0.2) is 24.3 Å². The van der Waals surface area contributed by atoms with Gasteiger partial charge in [0.25, 0.3) is 0 Å². The third kappa shape index (κ3) is 2.49. The van der Waals surface area contributed by atoms with Crippen LogP contribution in [0.1, 0.15) is 38.8 Å². The molecule has 1 aromatic rings. The number of carbonyl (C=O) groups is 3. The molecular formula is C19H24N2O5. The lowest BCUT2D eigenvalue weighted by atomic mass is 9.78. The van der Waals surface area contributed by atoms with Gasteiger partial charge < -0.3 is 9.84 Å². The van der Waals surface area contributed by atoms with Crippen LogP contribution in [0, 0.1) is 11.8 Å². The van der Waals surface area contributed by atoms with Gasteiger partial charge in [0.2, 0.25) is 11.8 Å². The van der Waals surface area contributed by atoms with Crippen molar-refractivity contribution in [1.82, 2.24) is 10.2 Å². The summed E-state index contributed by atoms with van der Waals surface area (Å²) in [6, 6.07) is 5.96. The number of carbonyl (C=O) groups excluding carboxylic acids is 3. The van der Waals surface area contributed by atoms with Gasteiger partial charge in [-0.2, -0.15) is 0 Å². The molecule has 2 aliphatic rings. The maximum absolute atomic E-state index is 13.0. The Balaban J connectivity index is 2.11. The van der Waals surface area contributed by atoms with Gasteiger partial charge in [0.05, 0.1) is 18.4 Å². The molecule has 0 saturated carbocycles. The summed E-state index contributed by atoms with van der Waals surface area (Å²) in [6.45, 7) is 5.74. The molecule has 2 N–H and O–H groups in total. The fraction of sp³-hybridized carbons (Fsp3) is 0.526. The molecule has 2 fully saturated rings. The first-order valence-electron chi connectivity index (χ1n) is 9.00. The zero-order valence-electron chi connectivity index (χ0n) is 15.2. The molecular weight excluding hydrogens is 336 g/mol. The highest BCUT2D eigenvalue weighted by Gasteiger charge is 2.67. The Bertz CT molecular complexity index is 732. The van der Waals surface area contributed by atoms with Gasteiger partial charge in [-0.05, 0) is 38.0 Å². The number of phenolic OH excluding ortho intramolecular Hbond substituents is 1. The number of hydrogen-bond acceptors (Lipinski definition) is 6. The van der Waals surface area contributed by atoms with Crippen molar-refractivity contribution in [2.45, 2.75) is 38.8 Å². The molecule has 2 aliphatic heterocycles. The number of likely N-dealkylation sites (tertiary alicyclic amines) is 1. The van der Waals surface area contributed by atoms with Gasteiger partial charge in [-0.15, -0.1) is 0 Å². The fourth-order valence-electron chi connectivity index (χ4n) is 4.26. The first kappa shape index (κ1) is 18.4. The van der Waals surface area contributed by atoms with Crippen molar-refractivity contribution in [1.29, 1.82) is 0 Å². The quantitative estimate of drug-likeness (QED) is 0.608. The van der Waals surface area contributed by atoms with Crippen molar-refractivity contribution in [2.75, 3.05) is 13.2 Å². The van der Waals surface area contributed by atoms with Crippen LogP contribution in [0.4, 0.5) is 0 Å². The van der Waals surface area contributed by atoms with Crippen molar-refractivity contribution >= 4 is 17.8 Å². The zero-order chi connectivity index (χ0) is 19.1. The predicted octanol–water partition coefficient (Wildman–Crippen LogP) is 1.37. The van der Waals surface area contributed by atoms with E-state index < -0.39 is 29.4 Å². The summed E-state index contributed by atoms with van der Waals surface area (Å²) >= 11 is 0. The number of ether oxygens (including phenoxy) is 1. The first-order valence-corrected chi connectivity index (χ1v) is 9.00. The lowest BCUT2D eigenvalue weighted by Gasteiger charge is -2.31. The summed E-state index contributed by atoms with van der Waals surface area (Å²) in [5, 5.41) is 12.8. The molecule has 2 amide bonds. The Morgan fingerprint density at radius 1 is 1.19 bits per heavy atom. The normalized spacial score (nSPS) is 30.6. The topological polar surface area (TPSA) is 95.9 Å². The lowest BCUT2D eigenvalue weighted by Crippen LogP contribution is -2.56. The smallest absolute Gasteiger partial charge is 0.327 e. The number of hydrogen-bond donors (Lipinski definition) is 2. The number of imide groups is 1. The highest BCUT2D eigenvalue weighted by Crippen LogP contribution is 2.50. The van der Waals surface area contributed by atoms with Crippen LogP contribution >= 0.6 is 0 Å². The van der Waals surface area contributed by atoms with Crippen LogP contribution in [0.25, 0.3) is 0 Å². The van der Waals surface area contributed by atoms with E-state index in [0.717, 1.165) is 5.56 Å². The summed E-state index contributed by atoms with van der Waals surface area (Å²) in [5.41, 5.74) is -0.489. The van der Waals surface area contributed by atoms with E-state index in [1.165, 1.54) is 17.0 Å². The van der Waals surface area contributed by atoms with Crippen LogP contribution in [-0.4, -0.2) is 46.5 Å². The molecule has 1 aromatic carbocycles. The number of amides is 2. The van der Waals surface area contributed by atoms with Crippen LogP contribution in [0.2, 0.25) is 0 Å². The number of phenols is 1. The molecule has 0 bridgehead atoms. The molecule has 2 heterocycles. The van der Waals surface area contributed by atoms with Gasteiger partial charge in [-0.1, -0.05) is 19.1 Å². The van der Waals surface area contributed by atoms with E-state index in [9.17, 15) is 19.5 Å². The standard InChI is InChI=1S/C19H24N2O5/c1-4-19(18(25)26-6-3)14-13(16(23)21(5-2)17(14)24)15(20-19)11-7-9-12(22)10-8-11/h7-10,13-15,20,22H,4-6H2,1-3H3/t13-,14-,15-,19-/m0/s1. The number of benzene rings is 1. The minimum Gasteiger partial charge on any atom is -0.508 e. The highest BCUT2D eigenvalue weighted by molar-refractivity contribution is 6.09. The Hall–Kier alpha value is -2.41. The molecule has 0 aliphatic carbocycles. The van der Waals surface area contributed by atoms with E-state index in [1.807, 2.05) is 6.92 Å². The van der Waals surface area contributed by atoms with E-state index in [4.69, 9.17) is 4.74 Å². The molecule has 4 atom stereocenters. The third-order valence-electron chi connectivity index (χ3n) is 5.51. The number of nitrogens with one attached hydrogen (secondary N) is 1. The van der Waals surface area contributed by atoms with E-state index in [-0.39, 0.29) is 30.7 Å². The minimum atomic E-state index is -1.24. The second-order valence-corrected chi connectivity index (χ2v) is 6.68. The molecule has 0 aromatic heterocycles. The van der Waals surface area contributed by atoms with Crippen molar-refractivity contribution < 1.29 is 24.2 Å². The van der Waals surface area contributed by atoms with Gasteiger partial charge in [-0.25, -0.2) is 0 Å². The summed E-state index contributed by atoms with van der Waals surface area (Å²) in [6.07, 6.45) is 0.332. The number of fused-ring (bicyclic) bond motifs is 1. The van der Waals surface area contributed by atoms with Gasteiger partial charge in [-0.3, -0.25) is 24.6 Å². The van der Waals surface area contributed by atoms with Crippen LogP contribution in [0.3, 0.4) is 0 Å². The Kier molecular flexibility index (Phi) is 4.75. The van der Waals surface area contributed by atoms with Crippen LogP contribution in [-0.2, 0) is 19.1 Å². The Morgan fingerprint density at radius 2 is 1.85 bits per heavy atom. The molecule has 7 nitrogen and oxygen atoms in total. The fourth-order valence-corrected chi connectivity index (χ4v) is 4.26. The van der Waals surface area contributed by atoms with E-state index in [0.29, 0.717) is 6.42 Å². The SMILES string of the molecule is CCOC(=O)[C@@]1(CC)N[C@@H](c2ccc(O)cc2)[C@H]2C(=O)N(CC)C(=O)[C@H]21. The maximum atomic E-state index is 13.0. The largest absolute Gasteiger partial charge is 0.508 e. The van der Waals surface area contributed by atoms with Crippen molar-refractivity contribution in [3.8, 4) is 5.75 Å². The maximum Gasteiger partial charge on any atom is 0.327 e. The van der Waals surface area contributed by atoms with Gasteiger partial charge in [0, 0.05) is 12.6 Å². The molecule has 3 rings (SSSR count). The molecule has 0 spiro atoms. The summed E-state index contributed by atoms with van der Waals surface area (Å²) in [7, 11) is 0. The molecule has 140 valence electrons. The predicted molar refractivity (Wildman–Crippen MR) is 93.0 cm³/mol. The van der Waals surface area contributed by atoms with Gasteiger partial charge >= 0.3 is 5.97 Å². The number of esters is 1. The van der Waals surface area contributed by atoms with Crippen molar-refractivity contribution in [3.05, 3.63) is 29.8 Å². The van der Waals surface area contributed by atoms with E-state index in [2.05, 4.69) is 5.32 Å². The second kappa shape index (κ2) is 6.72. The Morgan fingerprint density at radius 3 is 2.38 bits per heavy atom. The summed E-state index contributed by atoms with van der Waals surface area (Å²) in [4.78, 5) is 39.9. The minimum absolute atomic E-state index is 0.111. The number of nitrogens with zero attached hydrogens (tertiary/aromatic N) is 1. The number of rotatable bonds is 5. The van der Waals surface area contributed by atoms with Crippen LogP contribution in [0.5, 0.6) is 5.75 Å². The molecule has 26 heavy (non-hydrogen) atoms. The van der Waals surface area contributed by atoms with Gasteiger partial charge in [0.15, 0.2) is 0 Å². The molecule has 0 radical (unpaired) electrons. The third-order valence-corrected chi connectivity index (χ3v) is 5.51. The monoisotopic (exact) mass is 360 g/mol. The number of aromatic hydroxyl groups is 1. The molecule has 2 saturated heterocycles. The van der Waals surface area contributed by atoms with Gasteiger partial charge in [0.1, 0.15) is 11.3 Å².